The maximum absolute atomic E-state index is 12.7. The first-order valence-electron chi connectivity index (χ1n) is 9.92. The maximum atomic E-state index is 12.7. The number of likely N-dealkylation sites (tertiary alicyclic amines) is 1. The van der Waals surface area contributed by atoms with Gasteiger partial charge in [-0.2, -0.15) is 0 Å². The van der Waals surface area contributed by atoms with Crippen LogP contribution in [0.1, 0.15) is 56.4 Å². The van der Waals surface area contributed by atoms with Crippen molar-refractivity contribution in [3.8, 4) is 0 Å². The lowest BCUT2D eigenvalue weighted by Crippen LogP contribution is -2.33. The molecule has 1 saturated heterocycles. The van der Waals surface area contributed by atoms with Gasteiger partial charge in [-0.1, -0.05) is 44.9 Å². The molecule has 1 amide bonds. The van der Waals surface area contributed by atoms with Crippen LogP contribution in [0.5, 0.6) is 0 Å². The van der Waals surface area contributed by atoms with E-state index >= 15 is 0 Å². The van der Waals surface area contributed by atoms with Crippen molar-refractivity contribution in [2.24, 2.45) is 5.92 Å². The Labute approximate surface area is 169 Å². The van der Waals surface area contributed by atoms with Crippen LogP contribution >= 0.6 is 23.1 Å². The lowest BCUT2D eigenvalue weighted by atomic mass is 9.98. The van der Waals surface area contributed by atoms with E-state index in [2.05, 4.69) is 30.7 Å². The molecule has 7 heteroatoms. The zero-order valence-corrected chi connectivity index (χ0v) is 18.1. The molecule has 2 aromatic rings. The van der Waals surface area contributed by atoms with Crippen LogP contribution in [0.2, 0.25) is 0 Å². The number of carbonyl (C=O) groups excluding carboxylic acids is 1. The van der Waals surface area contributed by atoms with E-state index in [4.69, 9.17) is 0 Å². The number of thioether (sulfide) groups is 1. The number of nitrogens with one attached hydrogen (secondary N) is 1. The molecule has 1 aliphatic heterocycles. The molecule has 1 atom stereocenters. The second-order valence-corrected chi connectivity index (χ2v) is 9.66. The van der Waals surface area contributed by atoms with Crippen LogP contribution in [-0.4, -0.2) is 39.6 Å². The first-order valence-corrected chi connectivity index (χ1v) is 11.7. The molecule has 3 heterocycles. The second-order valence-electron chi connectivity index (χ2n) is 7.49. The number of H-pyrrole nitrogens is 1. The normalized spacial score (nSPS) is 16.5. The van der Waals surface area contributed by atoms with Gasteiger partial charge >= 0.3 is 0 Å². The SMILES string of the molecule is CC[C@H](C)Cc1c(C)sc2nc(SCC(=O)N3CCCCCC3)[nH]c(=O)c12. The third kappa shape index (κ3) is 4.93. The van der Waals surface area contributed by atoms with Gasteiger partial charge in [0, 0.05) is 18.0 Å². The minimum atomic E-state index is -0.0765. The molecule has 0 radical (unpaired) electrons. The molecular weight excluding hydrogens is 378 g/mol. The molecule has 0 spiro atoms. The average molecular weight is 408 g/mol. The van der Waals surface area contributed by atoms with Crippen LogP contribution < -0.4 is 5.56 Å². The standard InChI is InChI=1S/C20H29N3O2S2/c1-4-13(2)11-15-14(3)27-19-17(15)18(25)21-20(22-19)26-12-16(24)23-9-7-5-6-8-10-23/h13H,4-12H2,1-3H3,(H,21,22,25)/t13-/m0/s1. The van der Waals surface area contributed by atoms with Crippen molar-refractivity contribution in [1.82, 2.24) is 14.9 Å². The zero-order valence-electron chi connectivity index (χ0n) is 16.5. The summed E-state index contributed by atoms with van der Waals surface area (Å²) in [7, 11) is 0. The molecule has 1 N–H and O–H groups in total. The van der Waals surface area contributed by atoms with Gasteiger partial charge in [0.15, 0.2) is 5.16 Å². The number of amides is 1. The van der Waals surface area contributed by atoms with E-state index in [0.717, 1.165) is 54.6 Å². The molecular formula is C20H29N3O2S2. The second kappa shape index (κ2) is 9.24. The Morgan fingerprint density at radius 1 is 1.30 bits per heavy atom. The minimum Gasteiger partial charge on any atom is -0.342 e. The monoisotopic (exact) mass is 407 g/mol. The third-order valence-electron chi connectivity index (χ3n) is 5.38. The Morgan fingerprint density at radius 3 is 2.67 bits per heavy atom. The molecule has 27 heavy (non-hydrogen) atoms. The highest BCUT2D eigenvalue weighted by atomic mass is 32.2. The van der Waals surface area contributed by atoms with E-state index in [1.54, 1.807) is 11.3 Å². The zero-order chi connectivity index (χ0) is 19.4. The number of fused-ring (bicyclic) bond motifs is 1. The number of aromatic amines is 1. The smallest absolute Gasteiger partial charge is 0.260 e. The van der Waals surface area contributed by atoms with E-state index in [1.165, 1.54) is 29.5 Å². The van der Waals surface area contributed by atoms with Gasteiger partial charge in [0.2, 0.25) is 5.91 Å². The number of hydrogen-bond donors (Lipinski definition) is 1. The summed E-state index contributed by atoms with van der Waals surface area (Å²) in [6.07, 6.45) is 6.59. The Morgan fingerprint density at radius 2 is 2.00 bits per heavy atom. The van der Waals surface area contributed by atoms with E-state index in [0.29, 0.717) is 16.8 Å². The summed E-state index contributed by atoms with van der Waals surface area (Å²) in [5.74, 6) is 1.02. The number of hydrogen-bond acceptors (Lipinski definition) is 5. The van der Waals surface area contributed by atoms with Gasteiger partial charge in [0.25, 0.3) is 5.56 Å². The summed E-state index contributed by atoms with van der Waals surface area (Å²) in [4.78, 5) is 36.6. The molecule has 1 aliphatic rings. The highest BCUT2D eigenvalue weighted by Gasteiger charge is 2.19. The Balaban J connectivity index is 1.74. The molecule has 0 aromatic carbocycles. The number of carbonyl (C=O) groups is 1. The van der Waals surface area contributed by atoms with Crippen molar-refractivity contribution in [3.05, 3.63) is 20.8 Å². The van der Waals surface area contributed by atoms with Gasteiger partial charge in [-0.3, -0.25) is 9.59 Å². The fraction of sp³-hybridized carbons (Fsp3) is 0.650. The molecule has 148 valence electrons. The van der Waals surface area contributed by atoms with Crippen LogP contribution in [0.4, 0.5) is 0 Å². The maximum Gasteiger partial charge on any atom is 0.260 e. The van der Waals surface area contributed by atoms with E-state index < -0.39 is 0 Å². The van der Waals surface area contributed by atoms with E-state index in [1.807, 2.05) is 4.90 Å². The van der Waals surface area contributed by atoms with Crippen molar-refractivity contribution >= 4 is 39.2 Å². The first-order chi connectivity index (χ1) is 13.0. The Hall–Kier alpha value is -1.34. The Bertz CT molecular complexity index is 851. The summed E-state index contributed by atoms with van der Waals surface area (Å²) >= 11 is 2.93. The molecule has 1 fully saturated rings. The number of thiophene rings is 1. The Kier molecular flexibility index (Phi) is 6.98. The van der Waals surface area contributed by atoms with Crippen LogP contribution in [-0.2, 0) is 11.2 Å². The van der Waals surface area contributed by atoms with Gasteiger partial charge < -0.3 is 9.88 Å². The quantitative estimate of drug-likeness (QED) is 0.570. The van der Waals surface area contributed by atoms with Crippen molar-refractivity contribution in [2.45, 2.75) is 64.5 Å². The fourth-order valence-corrected chi connectivity index (χ4v) is 5.38. The number of nitrogens with zero attached hydrogens (tertiary/aromatic N) is 2. The lowest BCUT2D eigenvalue weighted by molar-refractivity contribution is -0.128. The summed E-state index contributed by atoms with van der Waals surface area (Å²) in [6.45, 7) is 8.16. The van der Waals surface area contributed by atoms with Crippen molar-refractivity contribution in [1.29, 1.82) is 0 Å². The summed E-state index contributed by atoms with van der Waals surface area (Å²) in [6, 6.07) is 0. The fourth-order valence-electron chi connectivity index (χ4n) is 3.50. The average Bonchev–Trinajstić information content (AvgIpc) is 2.82. The number of rotatable bonds is 6. The molecule has 5 nitrogen and oxygen atoms in total. The summed E-state index contributed by atoms with van der Waals surface area (Å²) < 4.78 is 0. The predicted molar refractivity (Wildman–Crippen MR) is 114 cm³/mol. The topological polar surface area (TPSA) is 66.1 Å². The molecule has 0 bridgehead atoms. The highest BCUT2D eigenvalue weighted by Crippen LogP contribution is 2.30. The van der Waals surface area contributed by atoms with Gasteiger partial charge in [-0.25, -0.2) is 4.98 Å². The van der Waals surface area contributed by atoms with Gasteiger partial charge in [0.1, 0.15) is 4.83 Å². The summed E-state index contributed by atoms with van der Waals surface area (Å²) in [5.41, 5.74) is 1.06. The molecule has 3 rings (SSSR count). The highest BCUT2D eigenvalue weighted by molar-refractivity contribution is 7.99. The number of aromatic nitrogens is 2. The third-order valence-corrected chi connectivity index (χ3v) is 7.28. The lowest BCUT2D eigenvalue weighted by Gasteiger charge is -2.19. The molecule has 2 aromatic heterocycles. The first kappa shape index (κ1) is 20.4. The van der Waals surface area contributed by atoms with Gasteiger partial charge in [0.05, 0.1) is 11.1 Å². The van der Waals surface area contributed by atoms with Crippen LogP contribution in [0.15, 0.2) is 9.95 Å². The molecule has 0 saturated carbocycles. The van der Waals surface area contributed by atoms with Crippen LogP contribution in [0.25, 0.3) is 10.2 Å². The van der Waals surface area contributed by atoms with Gasteiger partial charge in [-0.15, -0.1) is 11.3 Å². The van der Waals surface area contributed by atoms with Crippen LogP contribution in [0, 0.1) is 12.8 Å². The predicted octanol–water partition coefficient (Wildman–Crippen LogP) is 4.38. The number of aryl methyl sites for hydroxylation is 1. The van der Waals surface area contributed by atoms with E-state index in [-0.39, 0.29) is 11.5 Å². The van der Waals surface area contributed by atoms with Crippen molar-refractivity contribution in [2.75, 3.05) is 18.8 Å². The minimum absolute atomic E-state index is 0.0765. The van der Waals surface area contributed by atoms with Crippen molar-refractivity contribution in [3.63, 3.8) is 0 Å². The molecule has 0 aliphatic carbocycles. The molecule has 0 unspecified atom stereocenters. The largest absolute Gasteiger partial charge is 0.342 e. The summed E-state index contributed by atoms with van der Waals surface area (Å²) in [5, 5.41) is 1.29. The van der Waals surface area contributed by atoms with Crippen LogP contribution in [0.3, 0.4) is 0 Å². The van der Waals surface area contributed by atoms with E-state index in [9.17, 15) is 9.59 Å². The van der Waals surface area contributed by atoms with Gasteiger partial charge in [-0.05, 0) is 37.7 Å². The van der Waals surface area contributed by atoms with Crippen molar-refractivity contribution < 1.29 is 4.79 Å².